The summed E-state index contributed by atoms with van der Waals surface area (Å²) in [6.45, 7) is 2.00. The molecule has 1 aromatic heterocycles. The second kappa shape index (κ2) is 4.18. The van der Waals surface area contributed by atoms with Crippen molar-refractivity contribution in [3.63, 3.8) is 0 Å². The number of carboxylic acid groups (broad SMARTS) is 1. The van der Waals surface area contributed by atoms with Gasteiger partial charge in [0.15, 0.2) is 0 Å². The van der Waals surface area contributed by atoms with Crippen LogP contribution in [0.25, 0.3) is 11.1 Å². The van der Waals surface area contributed by atoms with Crippen molar-refractivity contribution < 1.29 is 9.90 Å². The molecule has 2 rings (SSSR count). The molecule has 0 aliphatic rings. The smallest absolute Gasteiger partial charge is 0.336 e. The van der Waals surface area contributed by atoms with Crippen molar-refractivity contribution in [2.45, 2.75) is 13.3 Å². The molecule has 0 unspecified atom stereocenters. The van der Waals surface area contributed by atoms with Crippen LogP contribution in [-0.4, -0.2) is 21.3 Å². The van der Waals surface area contributed by atoms with Crippen molar-refractivity contribution in [3.05, 3.63) is 41.7 Å². The van der Waals surface area contributed by atoms with Crippen LogP contribution in [0.4, 0.5) is 0 Å². The predicted octanol–water partition coefficient (Wildman–Crippen LogP) is 2.34. The van der Waals surface area contributed by atoms with E-state index in [0.717, 1.165) is 23.1 Å². The Hall–Kier alpha value is -2.10. The second-order valence-corrected chi connectivity index (χ2v) is 3.49. The third-order valence-electron chi connectivity index (χ3n) is 2.55. The molecule has 0 atom stereocenters. The summed E-state index contributed by atoms with van der Waals surface area (Å²) in [5, 5.41) is 15.7. The van der Waals surface area contributed by atoms with Gasteiger partial charge in [0.05, 0.1) is 11.8 Å². The molecule has 4 heteroatoms. The van der Waals surface area contributed by atoms with Crippen LogP contribution in [0, 0.1) is 0 Å². The molecule has 1 aromatic carbocycles. The summed E-state index contributed by atoms with van der Waals surface area (Å²) < 4.78 is 0. The molecule has 0 spiro atoms. The molecule has 0 saturated heterocycles. The van der Waals surface area contributed by atoms with Gasteiger partial charge in [-0.05, 0) is 18.1 Å². The van der Waals surface area contributed by atoms with Crippen LogP contribution in [0.5, 0.6) is 0 Å². The van der Waals surface area contributed by atoms with Gasteiger partial charge in [-0.15, -0.1) is 0 Å². The molecule has 0 aliphatic heterocycles. The average Bonchev–Trinajstić information content (AvgIpc) is 2.81. The van der Waals surface area contributed by atoms with Crippen LogP contribution in [0.2, 0.25) is 0 Å². The topological polar surface area (TPSA) is 66.0 Å². The van der Waals surface area contributed by atoms with Gasteiger partial charge < -0.3 is 5.11 Å². The van der Waals surface area contributed by atoms with Gasteiger partial charge in [-0.2, -0.15) is 5.10 Å². The van der Waals surface area contributed by atoms with Crippen LogP contribution in [0.1, 0.15) is 22.8 Å². The third-order valence-corrected chi connectivity index (χ3v) is 2.55. The fourth-order valence-corrected chi connectivity index (χ4v) is 1.80. The van der Waals surface area contributed by atoms with Crippen molar-refractivity contribution in [2.75, 3.05) is 0 Å². The molecule has 0 radical (unpaired) electrons. The first-order valence-corrected chi connectivity index (χ1v) is 5.08. The quantitative estimate of drug-likeness (QED) is 0.827. The number of aromatic nitrogens is 2. The first-order valence-electron chi connectivity index (χ1n) is 5.08. The maximum Gasteiger partial charge on any atom is 0.336 e. The lowest BCUT2D eigenvalue weighted by atomic mass is 9.95. The van der Waals surface area contributed by atoms with Crippen molar-refractivity contribution in [3.8, 4) is 11.1 Å². The van der Waals surface area contributed by atoms with E-state index in [-0.39, 0.29) is 0 Å². The number of aromatic amines is 1. The summed E-state index contributed by atoms with van der Waals surface area (Å²) in [5.41, 5.74) is 2.91. The molecule has 0 bridgehead atoms. The van der Waals surface area contributed by atoms with E-state index >= 15 is 0 Å². The predicted molar refractivity (Wildman–Crippen MR) is 60.4 cm³/mol. The Bertz CT molecular complexity index is 504. The van der Waals surface area contributed by atoms with Gasteiger partial charge in [-0.25, -0.2) is 4.79 Å². The number of nitrogens with one attached hydrogen (secondary N) is 1. The Labute approximate surface area is 92.9 Å². The molecule has 0 fully saturated rings. The molecule has 4 nitrogen and oxygen atoms in total. The highest BCUT2D eigenvalue weighted by molar-refractivity contribution is 5.96. The van der Waals surface area contributed by atoms with Crippen LogP contribution >= 0.6 is 0 Å². The molecule has 2 N–H and O–H groups in total. The van der Waals surface area contributed by atoms with E-state index in [0.29, 0.717) is 5.56 Å². The van der Waals surface area contributed by atoms with Gasteiger partial charge >= 0.3 is 5.97 Å². The zero-order valence-corrected chi connectivity index (χ0v) is 8.90. The van der Waals surface area contributed by atoms with E-state index in [1.165, 1.54) is 0 Å². The molecule has 82 valence electrons. The lowest BCUT2D eigenvalue weighted by Gasteiger charge is -2.09. The molecule has 1 heterocycles. The first-order chi connectivity index (χ1) is 7.74. The number of carbonyl (C=O) groups is 1. The highest BCUT2D eigenvalue weighted by Crippen LogP contribution is 2.27. The number of hydrogen-bond donors (Lipinski definition) is 2. The summed E-state index contributed by atoms with van der Waals surface area (Å²) in [6.07, 6.45) is 4.14. The molecular formula is C12H12N2O2. The summed E-state index contributed by atoms with van der Waals surface area (Å²) in [6, 6.07) is 5.32. The summed E-state index contributed by atoms with van der Waals surface area (Å²) >= 11 is 0. The van der Waals surface area contributed by atoms with E-state index < -0.39 is 5.97 Å². The number of carboxylic acids is 1. The normalized spacial score (nSPS) is 10.3. The number of aryl methyl sites for hydroxylation is 1. The standard InChI is InChI=1S/C12H12N2O2/c1-2-8-4-3-5-10(12(15)16)11(8)9-6-13-14-7-9/h3-7H,2H2,1H3,(H,13,14)(H,15,16). The number of benzene rings is 1. The first kappa shape index (κ1) is 10.4. The van der Waals surface area contributed by atoms with Crippen LogP contribution in [0.15, 0.2) is 30.6 Å². The number of nitrogens with zero attached hydrogens (tertiary/aromatic N) is 1. The highest BCUT2D eigenvalue weighted by Gasteiger charge is 2.15. The van der Waals surface area contributed by atoms with E-state index in [2.05, 4.69) is 10.2 Å². The Morgan fingerprint density at radius 2 is 2.31 bits per heavy atom. The summed E-state index contributed by atoms with van der Waals surface area (Å²) in [5.74, 6) is -0.911. The molecule has 16 heavy (non-hydrogen) atoms. The summed E-state index contributed by atoms with van der Waals surface area (Å²) in [7, 11) is 0. The number of rotatable bonds is 3. The minimum atomic E-state index is -0.911. The lowest BCUT2D eigenvalue weighted by molar-refractivity contribution is 0.0697. The van der Waals surface area contributed by atoms with E-state index in [1.807, 2.05) is 13.0 Å². The fraction of sp³-hybridized carbons (Fsp3) is 0.167. The molecule has 0 aliphatic carbocycles. The number of aromatic carboxylic acids is 1. The average molecular weight is 216 g/mol. The number of H-pyrrole nitrogens is 1. The van der Waals surface area contributed by atoms with Crippen LogP contribution in [0.3, 0.4) is 0 Å². The van der Waals surface area contributed by atoms with E-state index in [1.54, 1.807) is 24.5 Å². The molecule has 0 amide bonds. The maximum atomic E-state index is 11.2. The van der Waals surface area contributed by atoms with Crippen LogP contribution < -0.4 is 0 Å². The van der Waals surface area contributed by atoms with Gasteiger partial charge in [0.2, 0.25) is 0 Å². The largest absolute Gasteiger partial charge is 0.478 e. The number of hydrogen-bond acceptors (Lipinski definition) is 2. The Balaban J connectivity index is 2.68. The van der Waals surface area contributed by atoms with Crippen molar-refractivity contribution >= 4 is 5.97 Å². The second-order valence-electron chi connectivity index (χ2n) is 3.49. The Morgan fingerprint density at radius 3 is 2.88 bits per heavy atom. The monoisotopic (exact) mass is 216 g/mol. The van der Waals surface area contributed by atoms with Crippen molar-refractivity contribution in [2.24, 2.45) is 0 Å². The minimum absolute atomic E-state index is 0.320. The summed E-state index contributed by atoms with van der Waals surface area (Å²) in [4.78, 5) is 11.2. The van der Waals surface area contributed by atoms with Crippen molar-refractivity contribution in [1.82, 2.24) is 10.2 Å². The zero-order chi connectivity index (χ0) is 11.5. The molecule has 2 aromatic rings. The third kappa shape index (κ3) is 1.69. The van der Waals surface area contributed by atoms with Gasteiger partial charge in [-0.3, -0.25) is 5.10 Å². The fourth-order valence-electron chi connectivity index (χ4n) is 1.80. The van der Waals surface area contributed by atoms with E-state index in [9.17, 15) is 4.79 Å². The van der Waals surface area contributed by atoms with Gasteiger partial charge in [-0.1, -0.05) is 19.1 Å². The minimum Gasteiger partial charge on any atom is -0.478 e. The highest BCUT2D eigenvalue weighted by atomic mass is 16.4. The Kier molecular flexibility index (Phi) is 2.72. The van der Waals surface area contributed by atoms with E-state index in [4.69, 9.17) is 5.11 Å². The maximum absolute atomic E-state index is 11.2. The zero-order valence-electron chi connectivity index (χ0n) is 8.90. The lowest BCUT2D eigenvalue weighted by Crippen LogP contribution is -2.01. The Morgan fingerprint density at radius 1 is 1.50 bits per heavy atom. The van der Waals surface area contributed by atoms with Gasteiger partial charge in [0.1, 0.15) is 0 Å². The van der Waals surface area contributed by atoms with Crippen LogP contribution in [-0.2, 0) is 6.42 Å². The molecule has 0 saturated carbocycles. The van der Waals surface area contributed by atoms with Gasteiger partial charge in [0.25, 0.3) is 0 Å². The SMILES string of the molecule is CCc1cccc(C(=O)O)c1-c1cn[nH]c1. The van der Waals surface area contributed by atoms with Crippen molar-refractivity contribution in [1.29, 1.82) is 0 Å². The van der Waals surface area contributed by atoms with Gasteiger partial charge in [0, 0.05) is 17.3 Å². The molecular weight excluding hydrogens is 204 g/mol.